The van der Waals surface area contributed by atoms with E-state index in [0.717, 1.165) is 24.8 Å². The number of unbranched alkanes of at least 4 members (excludes halogenated alkanes) is 6. The molecule has 0 aromatic rings. The highest BCUT2D eigenvalue weighted by Gasteiger charge is 2.22. The molecular formula is C17H30O2. The van der Waals surface area contributed by atoms with Gasteiger partial charge in [0.1, 0.15) is 0 Å². The predicted molar refractivity (Wildman–Crippen MR) is 80.1 cm³/mol. The molecule has 110 valence electrons. The summed E-state index contributed by atoms with van der Waals surface area (Å²) in [6.45, 7) is 5.05. The first kappa shape index (κ1) is 16.3. The highest BCUT2D eigenvalue weighted by molar-refractivity contribution is 5.91. The fraction of sp³-hybridized carbons (Fsp3) is 0.824. The molecule has 2 nitrogen and oxygen atoms in total. The van der Waals surface area contributed by atoms with Gasteiger partial charge in [0.2, 0.25) is 0 Å². The summed E-state index contributed by atoms with van der Waals surface area (Å²) in [4.78, 5) is 11.7. The molecule has 0 bridgehead atoms. The van der Waals surface area contributed by atoms with Gasteiger partial charge in [-0.1, -0.05) is 57.9 Å². The number of carbonyl (C=O) groups excluding carboxylic acids is 1. The third kappa shape index (κ3) is 6.26. The third-order valence-electron chi connectivity index (χ3n) is 3.92. The Kier molecular flexibility index (Phi) is 8.61. The number of hydrogen-bond acceptors (Lipinski definition) is 2. The summed E-state index contributed by atoms with van der Waals surface area (Å²) in [5.41, 5.74) is 2.39. The molecular weight excluding hydrogens is 236 g/mol. The van der Waals surface area contributed by atoms with Crippen LogP contribution in [0.1, 0.15) is 84.5 Å². The van der Waals surface area contributed by atoms with Crippen LogP contribution in [0.25, 0.3) is 0 Å². The van der Waals surface area contributed by atoms with E-state index in [9.17, 15) is 4.79 Å². The van der Waals surface area contributed by atoms with Gasteiger partial charge in [-0.25, -0.2) is 4.79 Å². The predicted octanol–water partition coefficient (Wildman–Crippen LogP) is 5.17. The van der Waals surface area contributed by atoms with Crippen molar-refractivity contribution in [2.45, 2.75) is 84.5 Å². The third-order valence-corrected chi connectivity index (χ3v) is 3.92. The molecule has 0 unspecified atom stereocenters. The Balaban J connectivity index is 2.36. The first-order valence-electron chi connectivity index (χ1n) is 8.17. The molecule has 0 spiro atoms. The monoisotopic (exact) mass is 266 g/mol. The lowest BCUT2D eigenvalue weighted by atomic mass is 9.95. The van der Waals surface area contributed by atoms with E-state index in [4.69, 9.17) is 4.74 Å². The number of ether oxygens (including phenoxy) is 1. The molecule has 1 saturated heterocycles. The van der Waals surface area contributed by atoms with E-state index in [2.05, 4.69) is 13.8 Å². The van der Waals surface area contributed by atoms with E-state index in [1.165, 1.54) is 56.9 Å². The molecule has 0 atom stereocenters. The second-order valence-corrected chi connectivity index (χ2v) is 5.59. The quantitative estimate of drug-likeness (QED) is 0.310. The van der Waals surface area contributed by atoms with Crippen LogP contribution >= 0.6 is 0 Å². The zero-order valence-corrected chi connectivity index (χ0v) is 12.8. The Morgan fingerprint density at radius 2 is 1.58 bits per heavy atom. The number of rotatable bonds is 10. The summed E-state index contributed by atoms with van der Waals surface area (Å²) in [5.74, 6) is -0.0444. The lowest BCUT2D eigenvalue weighted by Gasteiger charge is -2.09. The van der Waals surface area contributed by atoms with Crippen LogP contribution in [0.5, 0.6) is 0 Å². The van der Waals surface area contributed by atoms with Gasteiger partial charge in [-0.15, -0.1) is 0 Å². The molecule has 1 fully saturated rings. The number of carbonyl (C=O) groups is 1. The molecule has 2 heteroatoms. The maximum Gasteiger partial charge on any atom is 0.334 e. The molecule has 1 aliphatic heterocycles. The van der Waals surface area contributed by atoms with Gasteiger partial charge < -0.3 is 4.74 Å². The summed E-state index contributed by atoms with van der Waals surface area (Å²) in [7, 11) is 0. The van der Waals surface area contributed by atoms with E-state index in [1.54, 1.807) is 0 Å². The van der Waals surface area contributed by atoms with Crippen LogP contribution in [0.3, 0.4) is 0 Å². The Labute approximate surface area is 118 Å². The van der Waals surface area contributed by atoms with Crippen LogP contribution in [0, 0.1) is 0 Å². The van der Waals surface area contributed by atoms with Crippen molar-refractivity contribution in [3.8, 4) is 0 Å². The number of esters is 1. The Morgan fingerprint density at radius 1 is 0.947 bits per heavy atom. The van der Waals surface area contributed by atoms with Gasteiger partial charge in [0.15, 0.2) is 0 Å². The van der Waals surface area contributed by atoms with Gasteiger partial charge in [-0.3, -0.25) is 0 Å². The van der Waals surface area contributed by atoms with Crippen LogP contribution in [-0.2, 0) is 9.53 Å². The minimum atomic E-state index is -0.0444. The standard InChI is InChI=1S/C17H30O2/c1-3-5-7-8-9-10-12-15(11-6-4-2)16-13-14-19-17(16)18/h3-14H2,1-2H3/b16-15-. The van der Waals surface area contributed by atoms with E-state index < -0.39 is 0 Å². The van der Waals surface area contributed by atoms with Gasteiger partial charge >= 0.3 is 5.97 Å². The average Bonchev–Trinajstić information content (AvgIpc) is 2.83. The van der Waals surface area contributed by atoms with Crippen LogP contribution in [0.15, 0.2) is 11.1 Å². The summed E-state index contributed by atoms with van der Waals surface area (Å²) >= 11 is 0. The number of hydrogen-bond donors (Lipinski definition) is 0. The minimum absolute atomic E-state index is 0.0444. The minimum Gasteiger partial charge on any atom is -0.462 e. The molecule has 0 aromatic carbocycles. The highest BCUT2D eigenvalue weighted by atomic mass is 16.5. The fourth-order valence-electron chi connectivity index (χ4n) is 2.69. The molecule has 0 radical (unpaired) electrons. The molecule has 0 aliphatic carbocycles. The van der Waals surface area contributed by atoms with Crippen molar-refractivity contribution in [2.24, 2.45) is 0 Å². The maximum atomic E-state index is 11.7. The summed E-state index contributed by atoms with van der Waals surface area (Å²) < 4.78 is 5.09. The second-order valence-electron chi connectivity index (χ2n) is 5.59. The zero-order valence-electron chi connectivity index (χ0n) is 12.8. The first-order valence-corrected chi connectivity index (χ1v) is 8.17. The van der Waals surface area contributed by atoms with Crippen LogP contribution in [0.4, 0.5) is 0 Å². The van der Waals surface area contributed by atoms with E-state index >= 15 is 0 Å². The molecule has 0 aromatic heterocycles. The Morgan fingerprint density at radius 3 is 2.21 bits per heavy atom. The van der Waals surface area contributed by atoms with Crippen molar-refractivity contribution < 1.29 is 9.53 Å². The maximum absolute atomic E-state index is 11.7. The lowest BCUT2D eigenvalue weighted by Crippen LogP contribution is -2.00. The summed E-state index contributed by atoms with van der Waals surface area (Å²) in [5, 5.41) is 0. The van der Waals surface area contributed by atoms with Crippen molar-refractivity contribution in [1.82, 2.24) is 0 Å². The SMILES string of the molecule is CCCCCCCC/C(CCCC)=C1/CCOC1=O. The van der Waals surface area contributed by atoms with E-state index in [1.807, 2.05) is 0 Å². The number of cyclic esters (lactones) is 1. The van der Waals surface area contributed by atoms with Crippen LogP contribution in [-0.4, -0.2) is 12.6 Å². The molecule has 19 heavy (non-hydrogen) atoms. The van der Waals surface area contributed by atoms with Crippen LogP contribution in [0.2, 0.25) is 0 Å². The molecule has 0 saturated carbocycles. The van der Waals surface area contributed by atoms with Gasteiger partial charge in [0.25, 0.3) is 0 Å². The van der Waals surface area contributed by atoms with Gasteiger partial charge in [0, 0.05) is 12.0 Å². The zero-order chi connectivity index (χ0) is 13.9. The fourth-order valence-corrected chi connectivity index (χ4v) is 2.69. The van der Waals surface area contributed by atoms with Crippen molar-refractivity contribution >= 4 is 5.97 Å². The summed E-state index contributed by atoms with van der Waals surface area (Å²) in [6.07, 6.45) is 13.3. The largest absolute Gasteiger partial charge is 0.462 e. The van der Waals surface area contributed by atoms with Crippen molar-refractivity contribution in [3.05, 3.63) is 11.1 Å². The van der Waals surface area contributed by atoms with Crippen molar-refractivity contribution in [2.75, 3.05) is 6.61 Å². The van der Waals surface area contributed by atoms with Gasteiger partial charge in [-0.2, -0.15) is 0 Å². The lowest BCUT2D eigenvalue weighted by molar-refractivity contribution is -0.135. The average molecular weight is 266 g/mol. The molecule has 0 N–H and O–H groups in total. The highest BCUT2D eigenvalue weighted by Crippen LogP contribution is 2.26. The normalized spacial score (nSPS) is 17.7. The smallest absolute Gasteiger partial charge is 0.334 e. The van der Waals surface area contributed by atoms with Crippen molar-refractivity contribution in [1.29, 1.82) is 0 Å². The summed E-state index contributed by atoms with van der Waals surface area (Å²) in [6, 6.07) is 0. The topological polar surface area (TPSA) is 26.3 Å². The Hall–Kier alpha value is -0.790. The molecule has 1 rings (SSSR count). The van der Waals surface area contributed by atoms with E-state index in [0.29, 0.717) is 6.61 Å². The molecule has 1 heterocycles. The second kappa shape index (κ2) is 10.1. The van der Waals surface area contributed by atoms with Crippen molar-refractivity contribution in [3.63, 3.8) is 0 Å². The Bertz CT molecular complexity index is 292. The van der Waals surface area contributed by atoms with Gasteiger partial charge in [-0.05, 0) is 25.7 Å². The molecule has 1 aliphatic rings. The first-order chi connectivity index (χ1) is 9.29. The van der Waals surface area contributed by atoms with E-state index in [-0.39, 0.29) is 5.97 Å². The van der Waals surface area contributed by atoms with Crippen LogP contribution < -0.4 is 0 Å². The molecule has 0 amide bonds. The van der Waals surface area contributed by atoms with Gasteiger partial charge in [0.05, 0.1) is 6.61 Å². The number of allylic oxidation sites excluding steroid dienone is 1.